The molecule has 0 spiro atoms. The zero-order chi connectivity index (χ0) is 31.8. The van der Waals surface area contributed by atoms with E-state index in [4.69, 9.17) is 14.2 Å². The molecular weight excluding hydrogens is 675 g/mol. The van der Waals surface area contributed by atoms with Crippen LogP contribution in [0.25, 0.3) is 16.8 Å². The van der Waals surface area contributed by atoms with E-state index in [0.717, 1.165) is 31.0 Å². The average Bonchev–Trinajstić information content (AvgIpc) is 3.04. The highest BCUT2D eigenvalue weighted by Crippen LogP contribution is 2.36. The molecule has 0 aliphatic carbocycles. The van der Waals surface area contributed by atoms with E-state index < -0.39 is 5.91 Å². The number of fused-ring (bicyclic) bond motifs is 1. The van der Waals surface area contributed by atoms with Crippen molar-refractivity contribution in [1.29, 1.82) is 5.26 Å². The Balaban J connectivity index is 1.29. The summed E-state index contributed by atoms with van der Waals surface area (Å²) in [6.45, 7) is 7.29. The summed E-state index contributed by atoms with van der Waals surface area (Å²) in [7, 11) is 0. The van der Waals surface area contributed by atoms with E-state index in [9.17, 15) is 10.1 Å². The third kappa shape index (κ3) is 8.02. The minimum atomic E-state index is -0.509. The highest BCUT2D eigenvalue weighted by molar-refractivity contribution is 14.1. The number of nitrogens with zero attached hydrogens (tertiary/aromatic N) is 1. The van der Waals surface area contributed by atoms with Gasteiger partial charge in [0.1, 0.15) is 30.6 Å². The Hall–Kier alpha value is -4.81. The lowest BCUT2D eigenvalue weighted by atomic mass is 10.0. The van der Waals surface area contributed by atoms with Gasteiger partial charge in [-0.1, -0.05) is 66.2 Å². The number of nitriles is 1. The van der Waals surface area contributed by atoms with E-state index in [2.05, 4.69) is 59.1 Å². The van der Waals surface area contributed by atoms with Gasteiger partial charge in [0, 0.05) is 11.3 Å². The van der Waals surface area contributed by atoms with Crippen LogP contribution in [0.1, 0.15) is 34.7 Å². The topological polar surface area (TPSA) is 80.6 Å². The first-order valence-electron chi connectivity index (χ1n) is 14.6. The van der Waals surface area contributed by atoms with Crippen molar-refractivity contribution in [3.63, 3.8) is 0 Å². The van der Waals surface area contributed by atoms with E-state index in [1.807, 2.05) is 62.4 Å². The van der Waals surface area contributed by atoms with Gasteiger partial charge in [-0.25, -0.2) is 0 Å². The Morgan fingerprint density at radius 3 is 2.38 bits per heavy atom. The second kappa shape index (κ2) is 14.8. The number of halogens is 1. The van der Waals surface area contributed by atoms with Gasteiger partial charge in [0.25, 0.3) is 5.91 Å². The van der Waals surface area contributed by atoms with Crippen LogP contribution in [0.15, 0.2) is 103 Å². The Bertz CT molecular complexity index is 1890. The average molecular weight is 709 g/mol. The molecular formula is C38H33IN2O4. The third-order valence-corrected chi connectivity index (χ3v) is 8.08. The van der Waals surface area contributed by atoms with Crippen molar-refractivity contribution in [2.24, 2.45) is 0 Å². The van der Waals surface area contributed by atoms with Gasteiger partial charge in [0.15, 0.2) is 11.5 Å². The van der Waals surface area contributed by atoms with Gasteiger partial charge in [-0.15, -0.1) is 0 Å². The number of carbonyl (C=O) groups is 1. The zero-order valence-corrected chi connectivity index (χ0v) is 27.6. The monoisotopic (exact) mass is 708 g/mol. The first kappa shape index (κ1) is 31.6. The van der Waals surface area contributed by atoms with Crippen LogP contribution >= 0.6 is 22.6 Å². The molecule has 5 aromatic carbocycles. The molecule has 0 heterocycles. The van der Waals surface area contributed by atoms with Crippen LogP contribution in [0.4, 0.5) is 5.69 Å². The number of carbonyl (C=O) groups excluding carboxylic acids is 1. The number of benzene rings is 5. The predicted molar refractivity (Wildman–Crippen MR) is 188 cm³/mol. The SMILES string of the molecule is CCOc1cc(/C=C(\C#N)C(=O)Nc2ccc(OCc3ccc(C)cc3)cc2)cc(I)c1OCc1c(C)ccc2ccccc12. The van der Waals surface area contributed by atoms with E-state index in [0.29, 0.717) is 48.3 Å². The number of rotatable bonds is 11. The van der Waals surface area contributed by atoms with Crippen molar-refractivity contribution in [2.75, 3.05) is 11.9 Å². The molecule has 0 bridgehead atoms. The maximum Gasteiger partial charge on any atom is 0.266 e. The van der Waals surface area contributed by atoms with Crippen LogP contribution in [0.5, 0.6) is 17.2 Å². The summed E-state index contributed by atoms with van der Waals surface area (Å²) in [6.07, 6.45) is 1.55. The largest absolute Gasteiger partial charge is 0.490 e. The van der Waals surface area contributed by atoms with E-state index in [-0.39, 0.29) is 5.57 Å². The van der Waals surface area contributed by atoms with Crippen LogP contribution in [0.2, 0.25) is 0 Å². The van der Waals surface area contributed by atoms with Crippen LogP contribution in [0, 0.1) is 28.7 Å². The Kier molecular flexibility index (Phi) is 10.4. The number of aryl methyl sites for hydroxylation is 2. The lowest BCUT2D eigenvalue weighted by Gasteiger charge is -2.17. The summed E-state index contributed by atoms with van der Waals surface area (Å²) in [5, 5.41) is 14.9. The number of ether oxygens (including phenoxy) is 3. The van der Waals surface area contributed by atoms with Crippen molar-refractivity contribution in [1.82, 2.24) is 0 Å². The quantitative estimate of drug-likeness (QED) is 0.0841. The fourth-order valence-corrected chi connectivity index (χ4v) is 5.64. The molecule has 1 amide bonds. The van der Waals surface area contributed by atoms with Crippen molar-refractivity contribution in [3.05, 3.63) is 134 Å². The molecule has 7 heteroatoms. The fraction of sp³-hybridized carbons (Fsp3) is 0.158. The fourth-order valence-electron chi connectivity index (χ4n) is 4.85. The van der Waals surface area contributed by atoms with Gasteiger partial charge in [-0.05, 0) is 113 Å². The number of amides is 1. The molecule has 0 aliphatic rings. The van der Waals surface area contributed by atoms with Crippen LogP contribution in [0.3, 0.4) is 0 Å². The molecule has 226 valence electrons. The number of hydrogen-bond donors (Lipinski definition) is 1. The summed E-state index contributed by atoms with van der Waals surface area (Å²) in [5.74, 6) is 1.34. The molecule has 0 atom stereocenters. The molecule has 6 nitrogen and oxygen atoms in total. The highest BCUT2D eigenvalue weighted by Gasteiger charge is 2.16. The maximum atomic E-state index is 13.0. The van der Waals surface area contributed by atoms with Gasteiger partial charge < -0.3 is 19.5 Å². The van der Waals surface area contributed by atoms with Crippen molar-refractivity contribution in [3.8, 4) is 23.3 Å². The van der Waals surface area contributed by atoms with Crippen LogP contribution in [-0.4, -0.2) is 12.5 Å². The first-order chi connectivity index (χ1) is 21.8. The molecule has 0 fully saturated rings. The van der Waals surface area contributed by atoms with Gasteiger partial charge in [0.05, 0.1) is 10.2 Å². The molecule has 5 rings (SSSR count). The minimum Gasteiger partial charge on any atom is -0.490 e. The van der Waals surface area contributed by atoms with Crippen molar-refractivity contribution >= 4 is 51.0 Å². The van der Waals surface area contributed by atoms with E-state index in [1.165, 1.54) is 5.56 Å². The molecule has 0 aromatic heterocycles. The van der Waals surface area contributed by atoms with E-state index in [1.54, 1.807) is 36.4 Å². The first-order valence-corrected chi connectivity index (χ1v) is 15.7. The standard InChI is InChI=1S/C38H33IN2O4/c1-4-43-36-21-28(20-35(39)37(36)45-24-34-26(3)11-14-29-7-5-6-8-33(29)34)19-30(22-40)38(42)41-31-15-17-32(18-16-31)44-23-27-12-9-25(2)10-13-27/h5-21H,4,23-24H2,1-3H3,(H,41,42)/b30-19+. The van der Waals surface area contributed by atoms with Gasteiger partial charge in [0.2, 0.25) is 0 Å². The second-order valence-electron chi connectivity index (χ2n) is 10.6. The van der Waals surface area contributed by atoms with Gasteiger partial charge in [-0.2, -0.15) is 5.26 Å². The maximum absolute atomic E-state index is 13.0. The molecule has 45 heavy (non-hydrogen) atoms. The summed E-state index contributed by atoms with van der Waals surface area (Å²) >= 11 is 2.20. The van der Waals surface area contributed by atoms with Crippen molar-refractivity contribution < 1.29 is 19.0 Å². The second-order valence-corrected chi connectivity index (χ2v) is 11.7. The van der Waals surface area contributed by atoms with Crippen LogP contribution < -0.4 is 19.5 Å². The summed E-state index contributed by atoms with van der Waals surface area (Å²) in [6, 6.07) is 33.4. The smallest absolute Gasteiger partial charge is 0.266 e. The number of hydrogen-bond acceptors (Lipinski definition) is 5. The Morgan fingerprint density at radius 2 is 1.64 bits per heavy atom. The molecule has 0 radical (unpaired) electrons. The van der Waals surface area contributed by atoms with Crippen molar-refractivity contribution in [2.45, 2.75) is 34.0 Å². The van der Waals surface area contributed by atoms with Gasteiger partial charge in [-0.3, -0.25) is 4.79 Å². The zero-order valence-electron chi connectivity index (χ0n) is 25.4. The number of nitrogens with one attached hydrogen (secondary N) is 1. The molecule has 5 aromatic rings. The van der Waals surface area contributed by atoms with Gasteiger partial charge >= 0.3 is 0 Å². The summed E-state index contributed by atoms with van der Waals surface area (Å²) in [5.41, 5.74) is 5.71. The minimum absolute atomic E-state index is 0.0343. The lowest BCUT2D eigenvalue weighted by Crippen LogP contribution is -2.13. The third-order valence-electron chi connectivity index (χ3n) is 7.28. The Morgan fingerprint density at radius 1 is 0.889 bits per heavy atom. The molecule has 1 N–H and O–H groups in total. The summed E-state index contributed by atoms with van der Waals surface area (Å²) in [4.78, 5) is 13.0. The van der Waals surface area contributed by atoms with Crippen LogP contribution in [-0.2, 0) is 18.0 Å². The molecule has 0 unspecified atom stereocenters. The predicted octanol–water partition coefficient (Wildman–Crippen LogP) is 9.16. The lowest BCUT2D eigenvalue weighted by molar-refractivity contribution is -0.112. The molecule has 0 aliphatic heterocycles. The normalized spacial score (nSPS) is 11.1. The summed E-state index contributed by atoms with van der Waals surface area (Å²) < 4.78 is 19.0. The molecule has 0 saturated heterocycles. The van der Waals surface area contributed by atoms with E-state index >= 15 is 0 Å². The Labute approximate surface area is 277 Å². The highest BCUT2D eigenvalue weighted by atomic mass is 127. The number of anilines is 1. The molecule has 0 saturated carbocycles.